The second-order valence-corrected chi connectivity index (χ2v) is 11.4. The van der Waals surface area contributed by atoms with E-state index in [0.717, 1.165) is 0 Å². The van der Waals surface area contributed by atoms with Gasteiger partial charge in [0.1, 0.15) is 29.8 Å². The minimum atomic E-state index is -1.27. The van der Waals surface area contributed by atoms with Crippen LogP contribution in [0, 0.1) is 17.6 Å². The SMILES string of the molecule is COC(=O)[C@@H](NC(=O)N[C@@H](Cc1cccc(F)c1)C(=O)N[C@H]1CCCCNC(=O)/C=C/[C@H](Cc2ccccc2F)NC1=O)C(C)C. The fraction of sp³-hybridized carbons (Fsp3) is 0.424. The number of carbonyl (C=O) groups is 5. The van der Waals surface area contributed by atoms with Gasteiger partial charge >= 0.3 is 12.0 Å². The highest BCUT2D eigenvalue weighted by Gasteiger charge is 2.30. The Hall–Kier alpha value is -4.81. The third-order valence-corrected chi connectivity index (χ3v) is 7.42. The summed E-state index contributed by atoms with van der Waals surface area (Å²) in [6.07, 6.45) is 3.83. The highest BCUT2D eigenvalue weighted by atomic mass is 19.1. The van der Waals surface area contributed by atoms with Crippen LogP contribution >= 0.6 is 0 Å². The van der Waals surface area contributed by atoms with Crippen LogP contribution in [-0.2, 0) is 36.8 Å². The van der Waals surface area contributed by atoms with Crippen LogP contribution in [0.15, 0.2) is 60.7 Å². The van der Waals surface area contributed by atoms with E-state index < -0.39 is 59.6 Å². The van der Waals surface area contributed by atoms with Gasteiger partial charge in [-0.05, 0) is 60.9 Å². The molecule has 5 N–H and O–H groups in total. The standard InChI is InChI=1S/C33H41F2N5O6/c1-20(2)29(32(44)46-3)40-33(45)39-27(18-21-9-8-11-23(34)17-21)31(43)38-26-13-6-7-16-36-28(41)15-14-24(37-30(26)42)19-22-10-4-5-12-25(22)35/h4-5,8-12,14-15,17,20,24,26-27,29H,6-7,13,16,18-19H2,1-3H3,(H,36,41)(H,37,42)(H,38,43)(H2,39,40,45)/b15-14+/t24-,26+,27+,29+/m1/s1. The number of ether oxygens (including phenoxy) is 1. The first kappa shape index (κ1) is 35.7. The fourth-order valence-electron chi connectivity index (χ4n) is 4.91. The lowest BCUT2D eigenvalue weighted by Crippen LogP contribution is -2.58. The van der Waals surface area contributed by atoms with Crippen molar-refractivity contribution in [3.8, 4) is 0 Å². The van der Waals surface area contributed by atoms with Crippen molar-refractivity contribution in [3.05, 3.63) is 83.4 Å². The Morgan fingerprint density at radius 2 is 1.78 bits per heavy atom. The van der Waals surface area contributed by atoms with Crippen LogP contribution in [0.5, 0.6) is 0 Å². The number of urea groups is 1. The van der Waals surface area contributed by atoms with Gasteiger partial charge in [0.25, 0.3) is 0 Å². The summed E-state index contributed by atoms with van der Waals surface area (Å²) >= 11 is 0. The molecule has 11 nitrogen and oxygen atoms in total. The Morgan fingerprint density at radius 3 is 2.48 bits per heavy atom. The lowest BCUT2D eigenvalue weighted by atomic mass is 10.0. The topological polar surface area (TPSA) is 155 Å². The van der Waals surface area contributed by atoms with Crippen LogP contribution in [0.2, 0.25) is 0 Å². The van der Waals surface area contributed by atoms with Crippen LogP contribution in [0.3, 0.4) is 0 Å². The quantitative estimate of drug-likeness (QED) is 0.251. The summed E-state index contributed by atoms with van der Waals surface area (Å²) in [4.78, 5) is 64.6. The molecular weight excluding hydrogens is 600 g/mol. The zero-order chi connectivity index (χ0) is 33.6. The highest BCUT2D eigenvalue weighted by molar-refractivity contribution is 5.93. The number of halogens is 2. The fourth-order valence-corrected chi connectivity index (χ4v) is 4.91. The summed E-state index contributed by atoms with van der Waals surface area (Å²) in [6, 6.07) is 6.64. The Balaban J connectivity index is 1.83. The number of hydrogen-bond donors (Lipinski definition) is 5. The molecule has 0 fully saturated rings. The Kier molecular flexibility index (Phi) is 13.7. The van der Waals surface area contributed by atoms with Gasteiger partial charge in [0.2, 0.25) is 17.7 Å². The van der Waals surface area contributed by atoms with Gasteiger partial charge in [0.15, 0.2) is 0 Å². The predicted octanol–water partition coefficient (Wildman–Crippen LogP) is 2.44. The molecule has 0 aromatic heterocycles. The van der Waals surface area contributed by atoms with Crippen molar-refractivity contribution in [2.45, 2.75) is 70.1 Å². The maximum Gasteiger partial charge on any atom is 0.328 e. The molecule has 2 aromatic carbocycles. The first-order chi connectivity index (χ1) is 22.0. The normalized spacial score (nSPS) is 19.3. The van der Waals surface area contributed by atoms with E-state index >= 15 is 0 Å². The lowest BCUT2D eigenvalue weighted by molar-refractivity contribution is -0.144. The maximum absolute atomic E-state index is 14.4. The molecule has 1 aliphatic heterocycles. The first-order valence-corrected chi connectivity index (χ1v) is 15.2. The number of benzene rings is 2. The molecule has 3 rings (SSSR count). The van der Waals surface area contributed by atoms with Gasteiger partial charge in [-0.25, -0.2) is 18.4 Å². The number of amides is 5. The molecule has 13 heteroatoms. The molecule has 0 bridgehead atoms. The summed E-state index contributed by atoms with van der Waals surface area (Å²) in [6.45, 7) is 3.76. The van der Waals surface area contributed by atoms with Crippen LogP contribution in [0.25, 0.3) is 0 Å². The molecule has 1 aliphatic rings. The summed E-state index contributed by atoms with van der Waals surface area (Å²) in [7, 11) is 1.19. The average molecular weight is 642 g/mol. The number of rotatable bonds is 10. The molecule has 248 valence electrons. The van der Waals surface area contributed by atoms with E-state index in [0.29, 0.717) is 30.5 Å². The molecule has 0 spiro atoms. The number of nitrogens with one attached hydrogen (secondary N) is 5. The van der Waals surface area contributed by atoms with Crippen LogP contribution in [-0.4, -0.2) is 67.5 Å². The van der Waals surface area contributed by atoms with Gasteiger partial charge in [-0.15, -0.1) is 0 Å². The zero-order valence-electron chi connectivity index (χ0n) is 26.1. The Morgan fingerprint density at radius 1 is 1.02 bits per heavy atom. The van der Waals surface area contributed by atoms with E-state index in [1.165, 1.54) is 43.5 Å². The van der Waals surface area contributed by atoms with Gasteiger partial charge < -0.3 is 31.3 Å². The zero-order valence-corrected chi connectivity index (χ0v) is 26.1. The minimum Gasteiger partial charge on any atom is -0.467 e. The highest BCUT2D eigenvalue weighted by Crippen LogP contribution is 2.13. The molecule has 0 aliphatic carbocycles. The van der Waals surface area contributed by atoms with Crippen LogP contribution in [0.4, 0.5) is 13.6 Å². The van der Waals surface area contributed by atoms with E-state index in [1.807, 2.05) is 0 Å². The van der Waals surface area contributed by atoms with Crippen LogP contribution in [0.1, 0.15) is 44.2 Å². The molecule has 1 heterocycles. The molecular formula is C33H41F2N5O6. The van der Waals surface area contributed by atoms with E-state index in [9.17, 15) is 32.8 Å². The number of hydrogen-bond acceptors (Lipinski definition) is 6. The third-order valence-electron chi connectivity index (χ3n) is 7.42. The lowest BCUT2D eigenvalue weighted by Gasteiger charge is -2.26. The molecule has 0 saturated heterocycles. The summed E-state index contributed by atoms with van der Waals surface area (Å²) in [5.41, 5.74) is 0.727. The molecule has 0 unspecified atom stereocenters. The van der Waals surface area contributed by atoms with Gasteiger partial charge in [-0.3, -0.25) is 14.4 Å². The predicted molar refractivity (Wildman–Crippen MR) is 166 cm³/mol. The molecule has 46 heavy (non-hydrogen) atoms. The van der Waals surface area contributed by atoms with Crippen molar-refractivity contribution in [3.63, 3.8) is 0 Å². The third kappa shape index (κ3) is 11.3. The number of esters is 1. The van der Waals surface area contributed by atoms with Crippen molar-refractivity contribution in [1.82, 2.24) is 26.6 Å². The molecule has 5 amide bonds. The van der Waals surface area contributed by atoms with E-state index in [2.05, 4.69) is 26.6 Å². The summed E-state index contributed by atoms with van der Waals surface area (Å²) in [5.74, 6) is -3.65. The molecule has 4 atom stereocenters. The summed E-state index contributed by atoms with van der Waals surface area (Å²) < 4.78 is 33.2. The van der Waals surface area contributed by atoms with Gasteiger partial charge in [0, 0.05) is 19.0 Å². The van der Waals surface area contributed by atoms with Crippen molar-refractivity contribution in [2.24, 2.45) is 5.92 Å². The van der Waals surface area contributed by atoms with Crippen molar-refractivity contribution >= 4 is 29.7 Å². The largest absolute Gasteiger partial charge is 0.467 e. The molecule has 2 aromatic rings. The van der Waals surface area contributed by atoms with Gasteiger partial charge in [-0.2, -0.15) is 0 Å². The van der Waals surface area contributed by atoms with Gasteiger partial charge in [-0.1, -0.05) is 50.3 Å². The van der Waals surface area contributed by atoms with Crippen molar-refractivity contribution < 1.29 is 37.5 Å². The van der Waals surface area contributed by atoms with Gasteiger partial charge in [0.05, 0.1) is 13.2 Å². The first-order valence-electron chi connectivity index (χ1n) is 15.2. The van der Waals surface area contributed by atoms with E-state index in [1.54, 1.807) is 38.1 Å². The van der Waals surface area contributed by atoms with E-state index in [4.69, 9.17) is 4.74 Å². The second kappa shape index (κ2) is 17.6. The maximum atomic E-state index is 14.4. The smallest absolute Gasteiger partial charge is 0.328 e. The van der Waals surface area contributed by atoms with E-state index in [-0.39, 0.29) is 31.1 Å². The second-order valence-electron chi connectivity index (χ2n) is 11.4. The minimum absolute atomic E-state index is 0.0456. The number of methoxy groups -OCH3 is 1. The van der Waals surface area contributed by atoms with Crippen molar-refractivity contribution in [2.75, 3.05) is 13.7 Å². The Labute approximate surface area is 266 Å². The summed E-state index contributed by atoms with van der Waals surface area (Å²) in [5, 5.41) is 13.3. The molecule has 0 radical (unpaired) electrons. The average Bonchev–Trinajstić information content (AvgIpc) is 3.01. The monoisotopic (exact) mass is 641 g/mol. The molecule has 0 saturated carbocycles. The Bertz CT molecular complexity index is 1420. The number of carbonyl (C=O) groups excluding carboxylic acids is 5. The van der Waals surface area contributed by atoms with Crippen molar-refractivity contribution in [1.29, 1.82) is 0 Å². The van der Waals surface area contributed by atoms with Crippen LogP contribution < -0.4 is 26.6 Å².